The van der Waals surface area contributed by atoms with E-state index in [-0.39, 0.29) is 5.78 Å². The summed E-state index contributed by atoms with van der Waals surface area (Å²) in [7, 11) is 1.88. The molecule has 78 valence electrons. The number of hydrogen-bond donors (Lipinski definition) is 0. The van der Waals surface area contributed by atoms with Gasteiger partial charge in [-0.1, -0.05) is 11.8 Å². The molecule has 1 aromatic rings. The van der Waals surface area contributed by atoms with Crippen LogP contribution in [0.25, 0.3) is 0 Å². The van der Waals surface area contributed by atoms with Crippen molar-refractivity contribution in [1.82, 2.24) is 14.8 Å². The summed E-state index contributed by atoms with van der Waals surface area (Å²) in [5.41, 5.74) is 0. The number of aryl methyl sites for hydroxylation is 1. The first kappa shape index (κ1) is 11.2. The Morgan fingerprint density at radius 1 is 1.57 bits per heavy atom. The molecule has 0 aliphatic heterocycles. The third-order valence-corrected chi connectivity index (χ3v) is 2.94. The highest BCUT2D eigenvalue weighted by Crippen LogP contribution is 2.15. The summed E-state index contributed by atoms with van der Waals surface area (Å²) >= 11 is 1.68. The zero-order valence-electron chi connectivity index (χ0n) is 8.56. The van der Waals surface area contributed by atoms with Gasteiger partial charge in [-0.2, -0.15) is 5.10 Å². The molecule has 0 aliphatic rings. The summed E-state index contributed by atoms with van der Waals surface area (Å²) in [6.45, 7) is 1.63. The van der Waals surface area contributed by atoms with Crippen LogP contribution in [-0.2, 0) is 11.8 Å². The molecule has 0 atom stereocenters. The SMILES string of the molecule is CC(=O)CCCCSc1ncnn1C. The highest BCUT2D eigenvalue weighted by Gasteiger charge is 2.00. The molecule has 1 rings (SSSR count). The molecule has 0 saturated carbocycles. The standard InChI is InChI=1S/C9H15N3OS/c1-8(13)5-3-4-6-14-9-10-7-11-12(9)2/h7H,3-6H2,1-2H3. The Hall–Kier alpha value is -0.840. The van der Waals surface area contributed by atoms with E-state index in [0.717, 1.165) is 23.8 Å². The highest BCUT2D eigenvalue weighted by molar-refractivity contribution is 7.99. The molecule has 0 bridgehead atoms. The predicted octanol–water partition coefficient (Wildman–Crippen LogP) is 1.67. The van der Waals surface area contributed by atoms with Gasteiger partial charge in [-0.15, -0.1) is 0 Å². The van der Waals surface area contributed by atoms with Crippen molar-refractivity contribution in [2.24, 2.45) is 7.05 Å². The van der Waals surface area contributed by atoms with Crippen LogP contribution in [0.1, 0.15) is 26.2 Å². The van der Waals surface area contributed by atoms with Gasteiger partial charge in [-0.25, -0.2) is 9.67 Å². The summed E-state index contributed by atoms with van der Waals surface area (Å²) in [6, 6.07) is 0. The summed E-state index contributed by atoms with van der Waals surface area (Å²) in [5.74, 6) is 1.27. The summed E-state index contributed by atoms with van der Waals surface area (Å²) in [5, 5.41) is 4.91. The Morgan fingerprint density at radius 2 is 2.36 bits per heavy atom. The number of carbonyl (C=O) groups is 1. The molecule has 5 heteroatoms. The van der Waals surface area contributed by atoms with E-state index in [4.69, 9.17) is 0 Å². The van der Waals surface area contributed by atoms with Gasteiger partial charge in [0.25, 0.3) is 0 Å². The van der Waals surface area contributed by atoms with Crippen molar-refractivity contribution in [2.75, 3.05) is 5.75 Å². The fraction of sp³-hybridized carbons (Fsp3) is 0.667. The van der Waals surface area contributed by atoms with E-state index in [9.17, 15) is 4.79 Å². The Bertz CT molecular complexity index is 298. The molecule has 0 aromatic carbocycles. The van der Waals surface area contributed by atoms with Crippen molar-refractivity contribution < 1.29 is 4.79 Å². The fourth-order valence-electron chi connectivity index (χ4n) is 1.06. The number of hydrogen-bond acceptors (Lipinski definition) is 4. The van der Waals surface area contributed by atoms with Crippen molar-refractivity contribution in [2.45, 2.75) is 31.3 Å². The second-order valence-electron chi connectivity index (χ2n) is 3.17. The van der Waals surface area contributed by atoms with E-state index >= 15 is 0 Å². The van der Waals surface area contributed by atoms with E-state index in [2.05, 4.69) is 10.1 Å². The minimum Gasteiger partial charge on any atom is -0.300 e. The number of thioether (sulfide) groups is 1. The average molecular weight is 213 g/mol. The van der Waals surface area contributed by atoms with Crippen LogP contribution in [0.3, 0.4) is 0 Å². The second kappa shape index (κ2) is 5.80. The number of unbranched alkanes of at least 4 members (excludes halogenated alkanes) is 1. The fourth-order valence-corrected chi connectivity index (χ4v) is 1.94. The van der Waals surface area contributed by atoms with Crippen molar-refractivity contribution in [3.63, 3.8) is 0 Å². The minimum atomic E-state index is 0.272. The smallest absolute Gasteiger partial charge is 0.185 e. The minimum absolute atomic E-state index is 0.272. The summed E-state index contributed by atoms with van der Waals surface area (Å²) in [6.07, 6.45) is 4.27. The van der Waals surface area contributed by atoms with Gasteiger partial charge in [-0.3, -0.25) is 0 Å². The number of aromatic nitrogens is 3. The van der Waals surface area contributed by atoms with Crippen LogP contribution < -0.4 is 0 Å². The van der Waals surface area contributed by atoms with Crippen molar-refractivity contribution >= 4 is 17.5 Å². The predicted molar refractivity (Wildman–Crippen MR) is 56.3 cm³/mol. The molecule has 4 nitrogen and oxygen atoms in total. The molecule has 14 heavy (non-hydrogen) atoms. The first-order valence-electron chi connectivity index (χ1n) is 4.66. The van der Waals surface area contributed by atoms with Crippen molar-refractivity contribution in [1.29, 1.82) is 0 Å². The van der Waals surface area contributed by atoms with E-state index < -0.39 is 0 Å². The van der Waals surface area contributed by atoms with E-state index in [1.807, 2.05) is 7.05 Å². The van der Waals surface area contributed by atoms with Gasteiger partial charge in [0, 0.05) is 19.2 Å². The van der Waals surface area contributed by atoms with Crippen LogP contribution in [0.4, 0.5) is 0 Å². The van der Waals surface area contributed by atoms with E-state index in [1.165, 1.54) is 0 Å². The average Bonchev–Trinajstić information content (AvgIpc) is 2.51. The Labute approximate surface area is 88.1 Å². The third-order valence-electron chi connectivity index (χ3n) is 1.82. The second-order valence-corrected chi connectivity index (χ2v) is 4.24. The molecule has 1 heterocycles. The molecule has 0 radical (unpaired) electrons. The van der Waals surface area contributed by atoms with Crippen LogP contribution in [0.5, 0.6) is 0 Å². The zero-order chi connectivity index (χ0) is 10.4. The van der Waals surface area contributed by atoms with E-state index in [0.29, 0.717) is 6.42 Å². The molecule has 0 aliphatic carbocycles. The lowest BCUT2D eigenvalue weighted by atomic mass is 10.2. The summed E-state index contributed by atoms with van der Waals surface area (Å²) < 4.78 is 1.76. The Balaban J connectivity index is 2.10. The number of carbonyl (C=O) groups excluding carboxylic acids is 1. The van der Waals surface area contributed by atoms with Gasteiger partial charge in [0.05, 0.1) is 0 Å². The maximum absolute atomic E-state index is 10.7. The molecular formula is C9H15N3OS. The van der Waals surface area contributed by atoms with Crippen LogP contribution in [0.2, 0.25) is 0 Å². The van der Waals surface area contributed by atoms with Crippen molar-refractivity contribution in [3.8, 4) is 0 Å². The molecule has 0 saturated heterocycles. The number of Topliss-reactive ketones (excluding diaryl/α,β-unsaturated/α-hetero) is 1. The largest absolute Gasteiger partial charge is 0.300 e. The maximum atomic E-state index is 10.7. The quantitative estimate of drug-likeness (QED) is 0.532. The first-order valence-corrected chi connectivity index (χ1v) is 5.65. The zero-order valence-corrected chi connectivity index (χ0v) is 9.38. The van der Waals surface area contributed by atoms with Gasteiger partial charge in [0.1, 0.15) is 12.1 Å². The van der Waals surface area contributed by atoms with Gasteiger partial charge >= 0.3 is 0 Å². The molecule has 1 aromatic heterocycles. The van der Waals surface area contributed by atoms with Crippen molar-refractivity contribution in [3.05, 3.63) is 6.33 Å². The lowest BCUT2D eigenvalue weighted by Crippen LogP contribution is -1.94. The van der Waals surface area contributed by atoms with Gasteiger partial charge < -0.3 is 4.79 Å². The number of rotatable bonds is 6. The van der Waals surface area contributed by atoms with Crippen LogP contribution >= 0.6 is 11.8 Å². The summed E-state index contributed by atoms with van der Waals surface area (Å²) in [4.78, 5) is 14.8. The first-order chi connectivity index (χ1) is 6.70. The lowest BCUT2D eigenvalue weighted by molar-refractivity contribution is -0.117. The van der Waals surface area contributed by atoms with Gasteiger partial charge in [-0.05, 0) is 19.8 Å². The molecule has 0 amide bonds. The number of ketones is 1. The molecule has 0 fully saturated rings. The molecule has 0 spiro atoms. The Morgan fingerprint density at radius 3 is 2.93 bits per heavy atom. The van der Waals surface area contributed by atoms with Gasteiger partial charge in [0.2, 0.25) is 0 Å². The topological polar surface area (TPSA) is 47.8 Å². The monoisotopic (exact) mass is 213 g/mol. The third kappa shape index (κ3) is 3.91. The van der Waals surface area contributed by atoms with E-state index in [1.54, 1.807) is 29.7 Å². The molecular weight excluding hydrogens is 198 g/mol. The lowest BCUT2D eigenvalue weighted by Gasteiger charge is -1.99. The highest BCUT2D eigenvalue weighted by atomic mass is 32.2. The van der Waals surface area contributed by atoms with Gasteiger partial charge in [0.15, 0.2) is 5.16 Å². The normalized spacial score (nSPS) is 10.4. The molecule has 0 N–H and O–H groups in total. The Kier molecular flexibility index (Phi) is 4.65. The maximum Gasteiger partial charge on any atom is 0.185 e. The molecule has 0 unspecified atom stereocenters. The van der Waals surface area contributed by atoms with Crippen LogP contribution in [0.15, 0.2) is 11.5 Å². The number of nitrogens with zero attached hydrogens (tertiary/aromatic N) is 3. The van der Waals surface area contributed by atoms with Crippen LogP contribution in [-0.4, -0.2) is 26.3 Å². The van der Waals surface area contributed by atoms with Crippen LogP contribution in [0, 0.1) is 0 Å².